The molecule has 0 radical (unpaired) electrons. The van der Waals surface area contributed by atoms with Crippen molar-refractivity contribution >= 4 is 55.4 Å². The molecule has 0 aliphatic rings. The highest BCUT2D eigenvalue weighted by Gasteiger charge is 2.12. The standard InChI is InChI=1S/C13H8ClFN2OS2/c14-5-9-6-19-13(16-9)17-12(18)11-3-7-1-2-8(15)4-10(7)20-11/h1-4,6H,5H2,(H,16,17,18). The van der Waals surface area contributed by atoms with Crippen molar-refractivity contribution in [3.8, 4) is 0 Å². The summed E-state index contributed by atoms with van der Waals surface area (Å²) in [5, 5.41) is 5.87. The highest BCUT2D eigenvalue weighted by atomic mass is 35.5. The number of alkyl halides is 1. The van der Waals surface area contributed by atoms with Crippen LogP contribution in [0.4, 0.5) is 9.52 Å². The fraction of sp³-hybridized carbons (Fsp3) is 0.0769. The van der Waals surface area contributed by atoms with Crippen LogP contribution in [0.15, 0.2) is 29.6 Å². The number of anilines is 1. The Kier molecular flexibility index (Phi) is 3.69. The molecule has 2 aromatic heterocycles. The van der Waals surface area contributed by atoms with Crippen molar-refractivity contribution < 1.29 is 9.18 Å². The molecule has 3 rings (SSSR count). The molecule has 0 aliphatic carbocycles. The summed E-state index contributed by atoms with van der Waals surface area (Å²) in [6.45, 7) is 0. The molecule has 0 spiro atoms. The maximum Gasteiger partial charge on any atom is 0.267 e. The first-order valence-corrected chi connectivity index (χ1v) is 7.89. The molecule has 3 nitrogen and oxygen atoms in total. The lowest BCUT2D eigenvalue weighted by molar-refractivity contribution is 0.103. The summed E-state index contributed by atoms with van der Waals surface area (Å²) in [5.74, 6) is -0.241. The minimum Gasteiger partial charge on any atom is -0.297 e. The van der Waals surface area contributed by atoms with Gasteiger partial charge in [-0.3, -0.25) is 10.1 Å². The molecular weight excluding hydrogens is 319 g/mol. The highest BCUT2D eigenvalue weighted by molar-refractivity contribution is 7.21. The van der Waals surface area contributed by atoms with Gasteiger partial charge in [0.05, 0.1) is 16.5 Å². The van der Waals surface area contributed by atoms with E-state index in [0.717, 1.165) is 15.8 Å². The molecule has 102 valence electrons. The zero-order chi connectivity index (χ0) is 14.1. The third kappa shape index (κ3) is 2.67. The van der Waals surface area contributed by atoms with Crippen molar-refractivity contribution in [3.63, 3.8) is 0 Å². The quantitative estimate of drug-likeness (QED) is 0.721. The number of carbonyl (C=O) groups is 1. The first kappa shape index (κ1) is 13.5. The molecule has 3 aromatic rings. The molecule has 0 fully saturated rings. The fourth-order valence-electron chi connectivity index (χ4n) is 1.70. The van der Waals surface area contributed by atoms with E-state index in [1.165, 1.54) is 34.8 Å². The Hall–Kier alpha value is -1.50. The van der Waals surface area contributed by atoms with Crippen molar-refractivity contribution in [1.82, 2.24) is 4.98 Å². The number of nitrogens with zero attached hydrogens (tertiary/aromatic N) is 1. The average molecular weight is 327 g/mol. The van der Waals surface area contributed by atoms with Gasteiger partial charge in [-0.1, -0.05) is 6.07 Å². The summed E-state index contributed by atoms with van der Waals surface area (Å²) in [6, 6.07) is 6.20. The van der Waals surface area contributed by atoms with Gasteiger partial charge in [-0.25, -0.2) is 9.37 Å². The van der Waals surface area contributed by atoms with Crippen LogP contribution in [0.25, 0.3) is 10.1 Å². The first-order chi connectivity index (χ1) is 9.65. The molecule has 2 heterocycles. The van der Waals surface area contributed by atoms with Gasteiger partial charge >= 0.3 is 0 Å². The lowest BCUT2D eigenvalue weighted by Gasteiger charge is -1.97. The molecule has 0 saturated heterocycles. The molecule has 20 heavy (non-hydrogen) atoms. The summed E-state index contributed by atoms with van der Waals surface area (Å²) >= 11 is 8.23. The van der Waals surface area contributed by atoms with Crippen LogP contribution >= 0.6 is 34.3 Å². The SMILES string of the molecule is O=C(Nc1nc(CCl)cs1)c1cc2ccc(F)cc2s1. The Balaban J connectivity index is 1.84. The monoisotopic (exact) mass is 326 g/mol. The van der Waals surface area contributed by atoms with Crippen LogP contribution in [0.5, 0.6) is 0 Å². The number of benzene rings is 1. The highest BCUT2D eigenvalue weighted by Crippen LogP contribution is 2.27. The lowest BCUT2D eigenvalue weighted by Crippen LogP contribution is -2.09. The van der Waals surface area contributed by atoms with E-state index in [9.17, 15) is 9.18 Å². The van der Waals surface area contributed by atoms with Crippen LogP contribution in [0, 0.1) is 5.82 Å². The van der Waals surface area contributed by atoms with Crippen LogP contribution in [0.1, 0.15) is 15.4 Å². The van der Waals surface area contributed by atoms with Crippen molar-refractivity contribution in [2.24, 2.45) is 0 Å². The normalized spacial score (nSPS) is 10.9. The average Bonchev–Trinajstić information content (AvgIpc) is 3.04. The zero-order valence-electron chi connectivity index (χ0n) is 10.0. The van der Waals surface area contributed by atoms with Crippen LogP contribution < -0.4 is 5.32 Å². The van der Waals surface area contributed by atoms with Crippen LogP contribution in [-0.4, -0.2) is 10.9 Å². The molecule has 0 unspecified atom stereocenters. The molecule has 0 saturated carbocycles. The van der Waals surface area contributed by atoms with Gasteiger partial charge in [0.1, 0.15) is 5.82 Å². The Morgan fingerprint density at radius 3 is 3.00 bits per heavy atom. The Bertz CT molecular complexity index is 784. The number of hydrogen-bond acceptors (Lipinski definition) is 4. The third-order valence-corrected chi connectivity index (χ3v) is 4.79. The number of hydrogen-bond donors (Lipinski definition) is 1. The number of carbonyl (C=O) groups excluding carboxylic acids is 1. The molecule has 1 aromatic carbocycles. The molecular formula is C13H8ClFN2OS2. The minimum absolute atomic E-state index is 0.248. The van der Waals surface area contributed by atoms with Gasteiger partial charge in [-0.15, -0.1) is 34.3 Å². The second kappa shape index (κ2) is 5.47. The van der Waals surface area contributed by atoms with Gasteiger partial charge in [-0.05, 0) is 23.6 Å². The van der Waals surface area contributed by atoms with Gasteiger partial charge in [0.25, 0.3) is 5.91 Å². The van der Waals surface area contributed by atoms with Crippen LogP contribution in [0.3, 0.4) is 0 Å². The minimum atomic E-state index is -0.307. The van der Waals surface area contributed by atoms with E-state index in [0.29, 0.717) is 15.9 Å². The lowest BCUT2D eigenvalue weighted by atomic mass is 10.2. The maximum atomic E-state index is 13.1. The second-order valence-corrected chi connectivity index (χ2v) is 6.23. The predicted octanol–water partition coefficient (Wildman–Crippen LogP) is 4.49. The number of fused-ring (bicyclic) bond motifs is 1. The first-order valence-electron chi connectivity index (χ1n) is 5.66. The number of thiophene rings is 1. The largest absolute Gasteiger partial charge is 0.297 e. The van der Waals surface area contributed by atoms with Crippen molar-refractivity contribution in [2.75, 3.05) is 5.32 Å². The molecule has 1 N–H and O–H groups in total. The van der Waals surface area contributed by atoms with E-state index in [1.54, 1.807) is 17.5 Å². The van der Waals surface area contributed by atoms with E-state index in [1.807, 2.05) is 0 Å². The third-order valence-electron chi connectivity index (χ3n) is 2.62. The Labute approximate surface area is 127 Å². The van der Waals surface area contributed by atoms with Gasteiger partial charge in [0.2, 0.25) is 0 Å². The summed E-state index contributed by atoms with van der Waals surface area (Å²) < 4.78 is 13.9. The number of halogens is 2. The molecule has 0 atom stereocenters. The molecule has 7 heteroatoms. The van der Waals surface area contributed by atoms with E-state index < -0.39 is 0 Å². The van der Waals surface area contributed by atoms with Crippen molar-refractivity contribution in [2.45, 2.75) is 5.88 Å². The second-order valence-electron chi connectivity index (χ2n) is 4.02. The zero-order valence-corrected chi connectivity index (χ0v) is 12.4. The number of rotatable bonds is 3. The summed E-state index contributed by atoms with van der Waals surface area (Å²) in [6.07, 6.45) is 0. The van der Waals surface area contributed by atoms with E-state index in [-0.39, 0.29) is 11.7 Å². The number of aromatic nitrogens is 1. The van der Waals surface area contributed by atoms with Crippen molar-refractivity contribution in [3.05, 3.63) is 46.0 Å². The molecule has 0 aliphatic heterocycles. The van der Waals surface area contributed by atoms with Gasteiger partial charge in [0.15, 0.2) is 5.13 Å². The Morgan fingerprint density at radius 1 is 1.40 bits per heavy atom. The van der Waals surface area contributed by atoms with Gasteiger partial charge in [0, 0.05) is 10.1 Å². The Morgan fingerprint density at radius 2 is 2.25 bits per heavy atom. The molecule has 0 bridgehead atoms. The smallest absolute Gasteiger partial charge is 0.267 e. The summed E-state index contributed by atoms with van der Waals surface area (Å²) in [7, 11) is 0. The topological polar surface area (TPSA) is 42.0 Å². The summed E-state index contributed by atoms with van der Waals surface area (Å²) in [5.41, 5.74) is 0.727. The van der Waals surface area contributed by atoms with Gasteiger partial charge < -0.3 is 0 Å². The van der Waals surface area contributed by atoms with E-state index in [2.05, 4.69) is 10.3 Å². The van der Waals surface area contributed by atoms with Gasteiger partial charge in [-0.2, -0.15) is 0 Å². The van der Waals surface area contributed by atoms with E-state index >= 15 is 0 Å². The fourth-order valence-corrected chi connectivity index (χ4v) is 3.62. The maximum absolute atomic E-state index is 13.1. The van der Waals surface area contributed by atoms with Crippen LogP contribution in [-0.2, 0) is 5.88 Å². The van der Waals surface area contributed by atoms with Crippen molar-refractivity contribution in [1.29, 1.82) is 0 Å². The molecule has 1 amide bonds. The number of amides is 1. The summed E-state index contributed by atoms with van der Waals surface area (Å²) in [4.78, 5) is 16.8. The number of nitrogens with one attached hydrogen (secondary N) is 1. The predicted molar refractivity (Wildman–Crippen MR) is 81.4 cm³/mol. The van der Waals surface area contributed by atoms with E-state index in [4.69, 9.17) is 11.6 Å². The number of thiazole rings is 1. The van der Waals surface area contributed by atoms with Crippen LogP contribution in [0.2, 0.25) is 0 Å².